The lowest BCUT2D eigenvalue weighted by Crippen LogP contribution is -2.23. The summed E-state index contributed by atoms with van der Waals surface area (Å²) >= 11 is 0. The Balaban J connectivity index is 2.88. The van der Waals surface area contributed by atoms with Crippen LogP contribution in [-0.4, -0.2) is 25.1 Å². The lowest BCUT2D eigenvalue weighted by molar-refractivity contribution is 0.613. The highest BCUT2D eigenvalue weighted by atomic mass is 19.1. The van der Waals surface area contributed by atoms with Crippen LogP contribution in [0.1, 0.15) is 25.8 Å². The van der Waals surface area contributed by atoms with E-state index in [4.69, 9.17) is 0 Å². The van der Waals surface area contributed by atoms with Gasteiger partial charge in [0.25, 0.3) is 0 Å². The van der Waals surface area contributed by atoms with Crippen molar-refractivity contribution in [2.45, 2.75) is 26.8 Å². The van der Waals surface area contributed by atoms with Gasteiger partial charge in [0, 0.05) is 25.7 Å². The van der Waals surface area contributed by atoms with Crippen molar-refractivity contribution in [1.82, 2.24) is 10.3 Å². The molecule has 0 spiro atoms. The maximum atomic E-state index is 13.1. The van der Waals surface area contributed by atoms with Crippen molar-refractivity contribution in [1.29, 1.82) is 0 Å². The molecule has 3 nitrogen and oxygen atoms in total. The molecule has 0 radical (unpaired) electrons. The molecule has 0 fully saturated rings. The first-order chi connectivity index (χ1) is 7.69. The zero-order chi connectivity index (χ0) is 12.0. The van der Waals surface area contributed by atoms with Crippen LogP contribution < -0.4 is 10.2 Å². The molecule has 0 aliphatic heterocycles. The van der Waals surface area contributed by atoms with Gasteiger partial charge in [0.15, 0.2) is 0 Å². The Bertz CT molecular complexity index is 328. The molecule has 90 valence electrons. The Kier molecular flexibility index (Phi) is 5.19. The molecule has 0 saturated carbocycles. The molecule has 0 unspecified atom stereocenters. The van der Waals surface area contributed by atoms with Crippen LogP contribution in [0.4, 0.5) is 10.2 Å². The van der Waals surface area contributed by atoms with Crippen LogP contribution in [0.25, 0.3) is 0 Å². The molecule has 0 amide bonds. The van der Waals surface area contributed by atoms with E-state index in [-0.39, 0.29) is 5.82 Å². The second-order valence-electron chi connectivity index (χ2n) is 3.84. The van der Waals surface area contributed by atoms with E-state index >= 15 is 0 Å². The third-order valence-electron chi connectivity index (χ3n) is 2.40. The van der Waals surface area contributed by atoms with Gasteiger partial charge < -0.3 is 10.2 Å². The van der Waals surface area contributed by atoms with Crippen LogP contribution in [0.5, 0.6) is 0 Å². The average Bonchev–Trinajstić information content (AvgIpc) is 2.26. The summed E-state index contributed by atoms with van der Waals surface area (Å²) in [5.74, 6) is 0.589. The third-order valence-corrected chi connectivity index (χ3v) is 2.40. The number of aromatic nitrogens is 1. The van der Waals surface area contributed by atoms with E-state index < -0.39 is 0 Å². The molecule has 4 heteroatoms. The number of pyridine rings is 1. The summed E-state index contributed by atoms with van der Waals surface area (Å²) < 4.78 is 13.1. The molecule has 1 aromatic rings. The van der Waals surface area contributed by atoms with Crippen molar-refractivity contribution in [3.8, 4) is 0 Å². The van der Waals surface area contributed by atoms with Gasteiger partial charge in [0.2, 0.25) is 0 Å². The monoisotopic (exact) mass is 225 g/mol. The highest BCUT2D eigenvalue weighted by molar-refractivity contribution is 5.46. The Morgan fingerprint density at radius 2 is 2.19 bits per heavy atom. The second-order valence-corrected chi connectivity index (χ2v) is 3.84. The van der Waals surface area contributed by atoms with Crippen LogP contribution >= 0.6 is 0 Å². The molecule has 0 atom stereocenters. The van der Waals surface area contributed by atoms with E-state index in [9.17, 15) is 4.39 Å². The molecular formula is C12H20FN3. The van der Waals surface area contributed by atoms with Crippen LogP contribution in [0.2, 0.25) is 0 Å². The zero-order valence-corrected chi connectivity index (χ0v) is 10.3. The standard InChI is InChI=1S/C12H20FN3/c1-4-6-16(3)12-10(8-14-5-2)7-11(13)9-15-12/h7,9,14H,4-6,8H2,1-3H3. The number of halogens is 1. The molecule has 0 saturated heterocycles. The molecular weight excluding hydrogens is 205 g/mol. The predicted molar refractivity (Wildman–Crippen MR) is 65.1 cm³/mol. The summed E-state index contributed by atoms with van der Waals surface area (Å²) in [4.78, 5) is 6.22. The van der Waals surface area contributed by atoms with Crippen molar-refractivity contribution in [3.05, 3.63) is 23.6 Å². The number of nitrogens with zero attached hydrogens (tertiary/aromatic N) is 2. The van der Waals surface area contributed by atoms with Gasteiger partial charge in [-0.25, -0.2) is 9.37 Å². The summed E-state index contributed by atoms with van der Waals surface area (Å²) in [6.07, 6.45) is 2.33. The van der Waals surface area contributed by atoms with E-state index in [1.54, 1.807) is 6.07 Å². The largest absolute Gasteiger partial charge is 0.359 e. The predicted octanol–water partition coefficient (Wildman–Crippen LogP) is 2.18. The molecule has 0 bridgehead atoms. The van der Waals surface area contributed by atoms with E-state index in [1.807, 2.05) is 14.0 Å². The Hall–Kier alpha value is -1.16. The Morgan fingerprint density at radius 3 is 2.81 bits per heavy atom. The summed E-state index contributed by atoms with van der Waals surface area (Å²) in [7, 11) is 1.99. The molecule has 1 rings (SSSR count). The first kappa shape index (κ1) is 12.9. The normalized spacial score (nSPS) is 10.5. The number of nitrogens with one attached hydrogen (secondary N) is 1. The fraction of sp³-hybridized carbons (Fsp3) is 0.583. The summed E-state index contributed by atoms with van der Waals surface area (Å²) in [5, 5.41) is 3.20. The number of anilines is 1. The summed E-state index contributed by atoms with van der Waals surface area (Å²) in [6.45, 7) is 6.60. The zero-order valence-electron chi connectivity index (χ0n) is 10.3. The first-order valence-corrected chi connectivity index (χ1v) is 5.75. The summed E-state index contributed by atoms with van der Waals surface area (Å²) in [5.41, 5.74) is 0.915. The quantitative estimate of drug-likeness (QED) is 0.804. The van der Waals surface area contributed by atoms with Gasteiger partial charge in [-0.3, -0.25) is 0 Å². The van der Waals surface area contributed by atoms with Crippen LogP contribution in [0.3, 0.4) is 0 Å². The lowest BCUT2D eigenvalue weighted by Gasteiger charge is -2.20. The SMILES string of the molecule is CCCN(C)c1ncc(F)cc1CNCC. The first-order valence-electron chi connectivity index (χ1n) is 5.75. The van der Waals surface area contributed by atoms with E-state index in [0.717, 1.165) is 30.9 Å². The summed E-state index contributed by atoms with van der Waals surface area (Å²) in [6, 6.07) is 1.55. The fourth-order valence-corrected chi connectivity index (χ4v) is 1.65. The van der Waals surface area contributed by atoms with Gasteiger partial charge in [-0.15, -0.1) is 0 Å². The van der Waals surface area contributed by atoms with Crippen molar-refractivity contribution >= 4 is 5.82 Å². The van der Waals surface area contributed by atoms with Crippen molar-refractivity contribution in [3.63, 3.8) is 0 Å². The molecule has 0 aliphatic carbocycles. The van der Waals surface area contributed by atoms with Gasteiger partial charge in [-0.1, -0.05) is 13.8 Å². The van der Waals surface area contributed by atoms with Crippen molar-refractivity contribution in [2.24, 2.45) is 0 Å². The Labute approximate surface area is 96.7 Å². The number of rotatable bonds is 6. The minimum absolute atomic E-state index is 0.276. The van der Waals surface area contributed by atoms with E-state index in [2.05, 4.69) is 22.1 Å². The van der Waals surface area contributed by atoms with Gasteiger partial charge in [0.1, 0.15) is 11.6 Å². The molecule has 0 aromatic carbocycles. The molecule has 1 aromatic heterocycles. The molecule has 0 aliphatic rings. The van der Waals surface area contributed by atoms with Crippen LogP contribution in [0, 0.1) is 5.82 Å². The number of hydrogen-bond acceptors (Lipinski definition) is 3. The molecule has 1 N–H and O–H groups in total. The Morgan fingerprint density at radius 1 is 1.44 bits per heavy atom. The van der Waals surface area contributed by atoms with Crippen molar-refractivity contribution in [2.75, 3.05) is 25.0 Å². The van der Waals surface area contributed by atoms with Gasteiger partial charge in [-0.05, 0) is 19.0 Å². The second kappa shape index (κ2) is 6.43. The average molecular weight is 225 g/mol. The lowest BCUT2D eigenvalue weighted by atomic mass is 10.2. The van der Waals surface area contributed by atoms with E-state index in [0.29, 0.717) is 6.54 Å². The highest BCUT2D eigenvalue weighted by Gasteiger charge is 2.09. The van der Waals surface area contributed by atoms with Crippen LogP contribution in [0.15, 0.2) is 12.3 Å². The highest BCUT2D eigenvalue weighted by Crippen LogP contribution is 2.17. The minimum Gasteiger partial charge on any atom is -0.359 e. The van der Waals surface area contributed by atoms with Gasteiger partial charge in [-0.2, -0.15) is 0 Å². The number of hydrogen-bond donors (Lipinski definition) is 1. The fourth-order valence-electron chi connectivity index (χ4n) is 1.65. The third kappa shape index (κ3) is 3.45. The minimum atomic E-state index is -0.276. The van der Waals surface area contributed by atoms with Crippen LogP contribution in [-0.2, 0) is 6.54 Å². The topological polar surface area (TPSA) is 28.2 Å². The molecule has 16 heavy (non-hydrogen) atoms. The van der Waals surface area contributed by atoms with Gasteiger partial charge in [0.05, 0.1) is 6.20 Å². The molecule has 1 heterocycles. The van der Waals surface area contributed by atoms with Crippen molar-refractivity contribution < 1.29 is 4.39 Å². The maximum Gasteiger partial charge on any atom is 0.141 e. The maximum absolute atomic E-state index is 13.1. The van der Waals surface area contributed by atoms with Gasteiger partial charge >= 0.3 is 0 Å². The smallest absolute Gasteiger partial charge is 0.141 e. The van der Waals surface area contributed by atoms with E-state index in [1.165, 1.54) is 6.20 Å².